The summed E-state index contributed by atoms with van der Waals surface area (Å²) in [5.74, 6) is -0.211. The number of rotatable bonds is 11. The van der Waals surface area contributed by atoms with Gasteiger partial charge in [0.15, 0.2) is 0 Å². The van der Waals surface area contributed by atoms with Gasteiger partial charge in [-0.1, -0.05) is 58.3 Å². The quantitative estimate of drug-likeness (QED) is 0.394. The zero-order valence-corrected chi connectivity index (χ0v) is 18.7. The van der Waals surface area contributed by atoms with Crippen molar-refractivity contribution in [2.45, 2.75) is 122 Å². The van der Waals surface area contributed by atoms with Crippen LogP contribution >= 0.6 is 0 Å². The number of hydroxylamine groups is 2. The van der Waals surface area contributed by atoms with Crippen LogP contribution in [-0.2, 0) is 9.63 Å². The van der Waals surface area contributed by atoms with Crippen LogP contribution < -0.4 is 10.6 Å². The Hall–Kier alpha value is -1.14. The molecule has 2 rings (SSSR count). The second kappa shape index (κ2) is 9.57. The van der Waals surface area contributed by atoms with Crippen molar-refractivity contribution in [3.8, 4) is 0 Å². The minimum atomic E-state index is -0.832. The fourth-order valence-corrected chi connectivity index (χ4v) is 5.20. The molecular weight excluding hydrogens is 354 g/mol. The summed E-state index contributed by atoms with van der Waals surface area (Å²) in [6.07, 6.45) is 12.7. The Kier molecular flexibility index (Phi) is 7.91. The molecule has 0 bridgehead atoms. The number of hydrogen-bond acceptors (Lipinski definition) is 4. The number of hydrogen-bond donors (Lipinski definition) is 2. The maximum atomic E-state index is 12.4. The van der Waals surface area contributed by atoms with Gasteiger partial charge in [-0.25, -0.2) is 4.79 Å². The molecule has 2 heterocycles. The van der Waals surface area contributed by atoms with Crippen molar-refractivity contribution in [2.75, 3.05) is 6.61 Å². The molecule has 0 saturated carbocycles. The zero-order valence-electron chi connectivity index (χ0n) is 18.7. The highest BCUT2D eigenvalue weighted by Gasteiger charge is 2.59. The van der Waals surface area contributed by atoms with Crippen LogP contribution in [0.15, 0.2) is 0 Å². The number of carbonyl (C=O) groups is 2. The third kappa shape index (κ3) is 5.69. The molecule has 0 aromatic heterocycles. The van der Waals surface area contributed by atoms with Crippen molar-refractivity contribution in [3.63, 3.8) is 0 Å². The van der Waals surface area contributed by atoms with Gasteiger partial charge in [0.25, 0.3) is 5.91 Å². The van der Waals surface area contributed by atoms with E-state index < -0.39 is 5.54 Å². The van der Waals surface area contributed by atoms with Crippen LogP contribution in [-0.4, -0.2) is 40.2 Å². The molecule has 162 valence electrons. The SMILES string of the molecule is CCCCCCCCCCCON1C(C)(C)CC2(CC1(C)C)NC(=O)NC2=O. The Labute approximate surface area is 171 Å². The summed E-state index contributed by atoms with van der Waals surface area (Å²) < 4.78 is 0. The second-order valence-corrected chi connectivity index (χ2v) is 9.92. The van der Waals surface area contributed by atoms with Gasteiger partial charge in [-0.15, -0.1) is 0 Å². The van der Waals surface area contributed by atoms with E-state index in [1.165, 1.54) is 51.4 Å². The maximum Gasteiger partial charge on any atom is 0.322 e. The van der Waals surface area contributed by atoms with Gasteiger partial charge in [0.05, 0.1) is 6.61 Å². The first-order valence-electron chi connectivity index (χ1n) is 11.2. The van der Waals surface area contributed by atoms with E-state index in [9.17, 15) is 9.59 Å². The monoisotopic (exact) mass is 395 g/mol. The Balaban J connectivity index is 1.76. The number of piperidine rings is 1. The largest absolute Gasteiger partial charge is 0.323 e. The van der Waals surface area contributed by atoms with E-state index in [0.717, 1.165) is 6.42 Å². The fourth-order valence-electron chi connectivity index (χ4n) is 5.20. The number of imide groups is 1. The number of carbonyl (C=O) groups excluding carboxylic acids is 2. The molecular formula is C22H41N3O3. The molecule has 0 aromatic carbocycles. The van der Waals surface area contributed by atoms with Crippen LogP contribution in [0.2, 0.25) is 0 Å². The van der Waals surface area contributed by atoms with Crippen LogP contribution in [0.4, 0.5) is 4.79 Å². The normalized spacial score (nSPS) is 23.0. The topological polar surface area (TPSA) is 70.7 Å². The van der Waals surface area contributed by atoms with E-state index in [2.05, 4.69) is 50.3 Å². The van der Waals surface area contributed by atoms with Crippen molar-refractivity contribution in [3.05, 3.63) is 0 Å². The van der Waals surface area contributed by atoms with Gasteiger partial charge in [-0.3, -0.25) is 14.9 Å². The highest BCUT2D eigenvalue weighted by atomic mass is 16.7. The summed E-state index contributed by atoms with van der Waals surface area (Å²) in [6.45, 7) is 11.3. The molecule has 2 saturated heterocycles. The molecule has 2 aliphatic heterocycles. The summed E-state index contributed by atoms with van der Waals surface area (Å²) in [4.78, 5) is 30.4. The molecule has 1 spiro atoms. The van der Waals surface area contributed by atoms with E-state index in [0.29, 0.717) is 19.4 Å². The molecule has 2 N–H and O–H groups in total. The number of amides is 3. The van der Waals surface area contributed by atoms with Crippen LogP contribution in [0.25, 0.3) is 0 Å². The van der Waals surface area contributed by atoms with Gasteiger partial charge in [0, 0.05) is 11.1 Å². The molecule has 2 fully saturated rings. The van der Waals surface area contributed by atoms with Gasteiger partial charge in [0.1, 0.15) is 5.54 Å². The number of unbranched alkanes of at least 4 members (excludes halogenated alkanes) is 8. The molecule has 28 heavy (non-hydrogen) atoms. The molecule has 0 aromatic rings. The lowest BCUT2D eigenvalue weighted by Crippen LogP contribution is -2.69. The third-order valence-electron chi connectivity index (χ3n) is 6.05. The van der Waals surface area contributed by atoms with Gasteiger partial charge in [-0.05, 0) is 47.0 Å². The van der Waals surface area contributed by atoms with Crippen LogP contribution in [0, 0.1) is 0 Å². The lowest BCUT2D eigenvalue weighted by atomic mass is 9.70. The Morgan fingerprint density at radius 2 is 1.36 bits per heavy atom. The molecule has 0 atom stereocenters. The number of nitrogens with one attached hydrogen (secondary N) is 2. The first-order chi connectivity index (χ1) is 13.1. The molecule has 6 nitrogen and oxygen atoms in total. The lowest BCUT2D eigenvalue weighted by Gasteiger charge is -2.56. The second-order valence-electron chi connectivity index (χ2n) is 9.92. The summed E-state index contributed by atoms with van der Waals surface area (Å²) in [6, 6.07) is -0.388. The molecule has 0 unspecified atom stereocenters. The summed E-state index contributed by atoms with van der Waals surface area (Å²) >= 11 is 0. The third-order valence-corrected chi connectivity index (χ3v) is 6.05. The number of nitrogens with zero attached hydrogens (tertiary/aromatic N) is 1. The molecule has 0 radical (unpaired) electrons. The minimum absolute atomic E-state index is 0.211. The summed E-state index contributed by atoms with van der Waals surface area (Å²) in [5, 5.41) is 7.35. The van der Waals surface area contributed by atoms with E-state index in [4.69, 9.17) is 4.84 Å². The molecule has 2 aliphatic rings. The van der Waals surface area contributed by atoms with Gasteiger partial charge in [0.2, 0.25) is 0 Å². The predicted molar refractivity (Wildman–Crippen MR) is 112 cm³/mol. The van der Waals surface area contributed by atoms with Crippen molar-refractivity contribution in [1.82, 2.24) is 15.7 Å². The van der Waals surface area contributed by atoms with E-state index >= 15 is 0 Å². The molecule has 0 aliphatic carbocycles. The van der Waals surface area contributed by atoms with E-state index in [1.54, 1.807) is 0 Å². The lowest BCUT2D eigenvalue weighted by molar-refractivity contribution is -0.289. The number of urea groups is 1. The van der Waals surface area contributed by atoms with Crippen molar-refractivity contribution >= 4 is 11.9 Å². The maximum absolute atomic E-state index is 12.4. The molecule has 3 amide bonds. The van der Waals surface area contributed by atoms with E-state index in [-0.39, 0.29) is 23.0 Å². The average Bonchev–Trinajstić information content (AvgIpc) is 2.82. The highest BCUT2D eigenvalue weighted by Crippen LogP contribution is 2.44. The Morgan fingerprint density at radius 1 is 0.857 bits per heavy atom. The first-order valence-corrected chi connectivity index (χ1v) is 11.2. The minimum Gasteiger partial charge on any atom is -0.323 e. The summed E-state index contributed by atoms with van der Waals surface area (Å²) in [5.41, 5.74) is -1.53. The van der Waals surface area contributed by atoms with Crippen LogP contribution in [0.1, 0.15) is 105 Å². The van der Waals surface area contributed by atoms with Gasteiger partial charge >= 0.3 is 6.03 Å². The highest BCUT2D eigenvalue weighted by molar-refractivity contribution is 6.07. The Morgan fingerprint density at radius 3 is 1.82 bits per heavy atom. The molecule has 6 heteroatoms. The van der Waals surface area contributed by atoms with Gasteiger partial charge < -0.3 is 5.32 Å². The fraction of sp³-hybridized carbons (Fsp3) is 0.909. The van der Waals surface area contributed by atoms with Crippen LogP contribution in [0.3, 0.4) is 0 Å². The average molecular weight is 396 g/mol. The summed E-state index contributed by atoms with van der Waals surface area (Å²) in [7, 11) is 0. The van der Waals surface area contributed by atoms with Crippen molar-refractivity contribution < 1.29 is 14.4 Å². The van der Waals surface area contributed by atoms with Crippen LogP contribution in [0.5, 0.6) is 0 Å². The Bertz CT molecular complexity index is 527. The zero-order chi connectivity index (χ0) is 20.8. The predicted octanol–water partition coefficient (Wildman–Crippen LogP) is 4.68. The van der Waals surface area contributed by atoms with Crippen molar-refractivity contribution in [1.29, 1.82) is 0 Å². The standard InChI is InChI=1S/C22H41N3O3/c1-6-7-8-9-10-11-12-13-14-15-28-25-20(2,3)16-22(17-21(25,4)5)18(26)23-19(27)24-22/h6-17H2,1-5H3,(H2,23,24,26,27). The smallest absolute Gasteiger partial charge is 0.322 e. The van der Waals surface area contributed by atoms with E-state index in [1.807, 2.05) is 0 Å². The first kappa shape index (κ1) is 23.1. The van der Waals surface area contributed by atoms with Crippen molar-refractivity contribution in [2.24, 2.45) is 0 Å². The van der Waals surface area contributed by atoms with Gasteiger partial charge in [-0.2, -0.15) is 5.06 Å².